The number of methoxy groups -OCH3 is 1. The fourth-order valence-electron chi connectivity index (χ4n) is 8.88. The van der Waals surface area contributed by atoms with Gasteiger partial charge >= 0.3 is 5.97 Å². The summed E-state index contributed by atoms with van der Waals surface area (Å²) in [5, 5.41) is 11.3. The van der Waals surface area contributed by atoms with Crippen molar-refractivity contribution in [1.29, 1.82) is 0 Å². The van der Waals surface area contributed by atoms with E-state index in [1.165, 1.54) is 39.2 Å². The minimum atomic E-state index is -0.155. The van der Waals surface area contributed by atoms with Crippen molar-refractivity contribution in [2.24, 2.45) is 52.1 Å². The lowest BCUT2D eigenvalue weighted by Gasteiger charge is -2.62. The van der Waals surface area contributed by atoms with Gasteiger partial charge in [0.2, 0.25) is 0 Å². The summed E-state index contributed by atoms with van der Waals surface area (Å²) in [5.74, 6) is 3.47. The standard InChI is InChI=1S/C25H43NO3/c1-15(5-8-22(28)29-4)18-6-7-19-23-20(10-12-25(18,19)3)24(2)11-9-17(26)13-16(24)14-21(23)27/h15-21,23,27H,5-14,26H2,1-4H3/t15-,16?,17-,18-,19+,20+,21+,23+,24+,25-/m1/s1. The highest BCUT2D eigenvalue weighted by Gasteiger charge is 2.62. The Morgan fingerprint density at radius 1 is 1.10 bits per heavy atom. The van der Waals surface area contributed by atoms with Gasteiger partial charge in [0.15, 0.2) is 0 Å². The van der Waals surface area contributed by atoms with E-state index < -0.39 is 0 Å². The fourth-order valence-corrected chi connectivity index (χ4v) is 8.88. The Bertz CT molecular complexity index is 623. The second kappa shape index (κ2) is 7.82. The monoisotopic (exact) mass is 405 g/mol. The number of ether oxygens (including phenoxy) is 1. The number of hydrogen-bond donors (Lipinski definition) is 2. The van der Waals surface area contributed by atoms with E-state index in [4.69, 9.17) is 10.5 Å². The Kier molecular flexibility index (Phi) is 5.83. The molecule has 29 heavy (non-hydrogen) atoms. The van der Waals surface area contributed by atoms with Crippen LogP contribution in [-0.4, -0.2) is 30.3 Å². The second-order valence-electron chi connectivity index (χ2n) is 11.7. The van der Waals surface area contributed by atoms with Gasteiger partial charge in [0.05, 0.1) is 13.2 Å². The molecule has 3 N–H and O–H groups in total. The van der Waals surface area contributed by atoms with Crippen molar-refractivity contribution in [2.75, 3.05) is 7.11 Å². The molecule has 4 fully saturated rings. The quantitative estimate of drug-likeness (QED) is 0.674. The number of nitrogens with two attached hydrogens (primary N) is 1. The zero-order valence-corrected chi connectivity index (χ0v) is 19.0. The van der Waals surface area contributed by atoms with Gasteiger partial charge in [-0.15, -0.1) is 0 Å². The predicted molar refractivity (Wildman–Crippen MR) is 115 cm³/mol. The first-order valence-electron chi connectivity index (χ1n) is 12.2. The predicted octanol–water partition coefficient (Wildman–Crippen LogP) is 4.53. The van der Waals surface area contributed by atoms with E-state index in [2.05, 4.69) is 20.8 Å². The first kappa shape index (κ1) is 21.6. The highest BCUT2D eigenvalue weighted by Crippen LogP contribution is 2.68. The van der Waals surface area contributed by atoms with Crippen LogP contribution in [0.4, 0.5) is 0 Å². The number of aliphatic hydroxyl groups is 1. The molecule has 4 aliphatic carbocycles. The molecule has 4 aliphatic rings. The molecule has 0 aromatic rings. The molecule has 4 nitrogen and oxygen atoms in total. The number of carbonyl (C=O) groups excluding carboxylic acids is 1. The molecule has 1 unspecified atom stereocenters. The molecule has 0 amide bonds. The van der Waals surface area contributed by atoms with Crippen molar-refractivity contribution in [3.63, 3.8) is 0 Å². The molecule has 0 aliphatic heterocycles. The summed E-state index contributed by atoms with van der Waals surface area (Å²) in [5.41, 5.74) is 7.00. The van der Waals surface area contributed by atoms with Gasteiger partial charge < -0.3 is 15.6 Å². The number of esters is 1. The summed E-state index contributed by atoms with van der Waals surface area (Å²) in [7, 11) is 1.48. The molecule has 0 heterocycles. The van der Waals surface area contributed by atoms with Crippen LogP contribution in [-0.2, 0) is 9.53 Å². The van der Waals surface area contributed by atoms with Gasteiger partial charge in [-0.3, -0.25) is 4.79 Å². The van der Waals surface area contributed by atoms with Crippen LogP contribution in [0.2, 0.25) is 0 Å². The van der Waals surface area contributed by atoms with Gasteiger partial charge in [-0.2, -0.15) is 0 Å². The third-order valence-corrected chi connectivity index (χ3v) is 10.5. The molecule has 4 saturated carbocycles. The van der Waals surface area contributed by atoms with E-state index in [9.17, 15) is 9.90 Å². The minimum Gasteiger partial charge on any atom is -0.469 e. The van der Waals surface area contributed by atoms with E-state index in [1.807, 2.05) is 0 Å². The summed E-state index contributed by atoms with van der Waals surface area (Å²) in [6, 6.07) is 0.331. The smallest absolute Gasteiger partial charge is 0.305 e. The third-order valence-electron chi connectivity index (χ3n) is 10.5. The van der Waals surface area contributed by atoms with Gasteiger partial charge in [0.25, 0.3) is 0 Å². The zero-order valence-electron chi connectivity index (χ0n) is 19.0. The fraction of sp³-hybridized carbons (Fsp3) is 0.960. The first-order chi connectivity index (χ1) is 13.7. The number of hydrogen-bond acceptors (Lipinski definition) is 4. The molecular weight excluding hydrogens is 362 g/mol. The van der Waals surface area contributed by atoms with E-state index in [-0.39, 0.29) is 12.1 Å². The maximum atomic E-state index is 11.7. The van der Waals surface area contributed by atoms with Crippen molar-refractivity contribution >= 4 is 5.97 Å². The summed E-state index contributed by atoms with van der Waals surface area (Å²) < 4.78 is 4.87. The average Bonchev–Trinajstić information content (AvgIpc) is 3.04. The molecule has 4 heteroatoms. The van der Waals surface area contributed by atoms with E-state index in [1.54, 1.807) is 0 Å². The highest BCUT2D eigenvalue weighted by molar-refractivity contribution is 5.69. The van der Waals surface area contributed by atoms with Crippen LogP contribution in [0, 0.1) is 46.3 Å². The molecule has 0 saturated heterocycles. The van der Waals surface area contributed by atoms with E-state index in [0.717, 1.165) is 25.7 Å². The van der Waals surface area contributed by atoms with Crippen molar-refractivity contribution in [3.8, 4) is 0 Å². The van der Waals surface area contributed by atoms with Crippen LogP contribution >= 0.6 is 0 Å². The van der Waals surface area contributed by atoms with Crippen LogP contribution < -0.4 is 5.73 Å². The molecule has 0 radical (unpaired) electrons. The molecule has 4 rings (SSSR count). The van der Waals surface area contributed by atoms with Crippen LogP contribution in [0.15, 0.2) is 0 Å². The summed E-state index contributed by atoms with van der Waals surface area (Å²) in [6.07, 6.45) is 10.8. The Morgan fingerprint density at radius 3 is 2.52 bits per heavy atom. The van der Waals surface area contributed by atoms with Crippen LogP contribution in [0.1, 0.15) is 85.0 Å². The summed E-state index contributed by atoms with van der Waals surface area (Å²) in [6.45, 7) is 7.38. The molecule has 0 aromatic heterocycles. The van der Waals surface area contributed by atoms with Crippen molar-refractivity contribution in [3.05, 3.63) is 0 Å². The molecule has 0 bridgehead atoms. The van der Waals surface area contributed by atoms with Gasteiger partial charge in [-0.25, -0.2) is 0 Å². The largest absolute Gasteiger partial charge is 0.469 e. The summed E-state index contributed by atoms with van der Waals surface area (Å²) >= 11 is 0. The summed E-state index contributed by atoms with van der Waals surface area (Å²) in [4.78, 5) is 11.7. The van der Waals surface area contributed by atoms with Gasteiger partial charge in [-0.1, -0.05) is 20.8 Å². The lowest BCUT2D eigenvalue weighted by Crippen LogP contribution is -2.59. The molecular formula is C25H43NO3. The molecule has 166 valence electrons. The lowest BCUT2D eigenvalue weighted by molar-refractivity contribution is -0.166. The number of rotatable bonds is 4. The lowest BCUT2D eigenvalue weighted by atomic mass is 9.43. The number of aliphatic hydroxyl groups excluding tert-OH is 1. The van der Waals surface area contributed by atoms with E-state index in [0.29, 0.717) is 58.8 Å². The van der Waals surface area contributed by atoms with Crippen LogP contribution in [0.25, 0.3) is 0 Å². The molecule has 10 atom stereocenters. The number of carbonyl (C=O) groups is 1. The van der Waals surface area contributed by atoms with Gasteiger partial charge in [-0.05, 0) is 104 Å². The zero-order chi connectivity index (χ0) is 21.0. The normalized spacial score (nSPS) is 50.2. The Morgan fingerprint density at radius 2 is 1.79 bits per heavy atom. The second-order valence-corrected chi connectivity index (χ2v) is 11.7. The van der Waals surface area contributed by atoms with Gasteiger partial charge in [0, 0.05) is 12.5 Å². The Balaban J connectivity index is 1.53. The Labute approximate surface area is 177 Å². The maximum absolute atomic E-state index is 11.7. The minimum absolute atomic E-state index is 0.0857. The van der Waals surface area contributed by atoms with Crippen molar-refractivity contribution < 1.29 is 14.6 Å². The third kappa shape index (κ3) is 3.46. The van der Waals surface area contributed by atoms with Gasteiger partial charge in [0.1, 0.15) is 0 Å². The van der Waals surface area contributed by atoms with Crippen LogP contribution in [0.5, 0.6) is 0 Å². The van der Waals surface area contributed by atoms with Crippen LogP contribution in [0.3, 0.4) is 0 Å². The molecule has 0 spiro atoms. The van der Waals surface area contributed by atoms with Crippen molar-refractivity contribution in [1.82, 2.24) is 0 Å². The van der Waals surface area contributed by atoms with E-state index >= 15 is 0 Å². The number of fused-ring (bicyclic) bond motifs is 5. The SMILES string of the molecule is COC(=O)CC[C@@H](C)[C@H]1CC[C@H]2[C@@H]3[C@@H](O)CC4C[C@H](N)CC[C@]4(C)[C@H]3CC[C@]12C. The molecule has 0 aromatic carbocycles. The maximum Gasteiger partial charge on any atom is 0.305 e. The average molecular weight is 406 g/mol. The Hall–Kier alpha value is -0.610. The van der Waals surface area contributed by atoms with Crippen molar-refractivity contribution in [2.45, 2.75) is 97.1 Å². The highest BCUT2D eigenvalue weighted by atomic mass is 16.5. The topological polar surface area (TPSA) is 72.5 Å². The first-order valence-corrected chi connectivity index (χ1v) is 12.2.